The van der Waals surface area contributed by atoms with Crippen LogP contribution in [-0.4, -0.2) is 9.91 Å². The van der Waals surface area contributed by atoms with Crippen LogP contribution in [0.5, 0.6) is 0 Å². The van der Waals surface area contributed by atoms with Gasteiger partial charge in [0.05, 0.1) is 4.92 Å². The molecule has 0 atom stereocenters. The molecule has 0 saturated heterocycles. The molecule has 4 heteroatoms. The van der Waals surface area contributed by atoms with Crippen LogP contribution < -0.4 is 0 Å². The van der Waals surface area contributed by atoms with Crippen molar-refractivity contribution < 1.29 is 4.92 Å². The minimum absolute atomic E-state index is 0.121. The maximum Gasteiger partial charge on any atom is 0.270 e. The highest BCUT2D eigenvalue weighted by atomic mass is 16.6. The second kappa shape index (κ2) is 4.49. The van der Waals surface area contributed by atoms with Crippen LogP contribution >= 0.6 is 0 Å². The molecule has 0 fully saturated rings. The number of rotatable bonds is 2. The zero-order valence-corrected chi connectivity index (χ0v) is 11.3. The summed E-state index contributed by atoms with van der Waals surface area (Å²) in [5.74, 6) is 0. The number of hydrogen-bond acceptors (Lipinski definition) is 2. The second-order valence-electron chi connectivity index (χ2n) is 4.93. The highest BCUT2D eigenvalue weighted by molar-refractivity contribution is 5.92. The third kappa shape index (κ3) is 1.86. The van der Waals surface area contributed by atoms with Gasteiger partial charge in [0.1, 0.15) is 0 Å². The fourth-order valence-electron chi connectivity index (χ4n) is 2.55. The van der Waals surface area contributed by atoms with Crippen molar-refractivity contribution in [2.75, 3.05) is 0 Å². The first-order valence-electron chi connectivity index (χ1n) is 6.40. The van der Waals surface area contributed by atoms with Crippen LogP contribution in [0.4, 0.5) is 5.69 Å². The number of hydrogen-bond donors (Lipinski definition) is 1. The monoisotopic (exact) mass is 266 g/mol. The molecular weight excluding hydrogens is 252 g/mol. The number of fused-ring (bicyclic) bond motifs is 1. The van der Waals surface area contributed by atoms with E-state index < -0.39 is 0 Å². The van der Waals surface area contributed by atoms with E-state index in [1.165, 1.54) is 11.6 Å². The Morgan fingerprint density at radius 2 is 1.85 bits per heavy atom. The van der Waals surface area contributed by atoms with Gasteiger partial charge in [-0.05, 0) is 31.0 Å². The molecule has 4 nitrogen and oxygen atoms in total. The van der Waals surface area contributed by atoms with Gasteiger partial charge in [-0.1, -0.05) is 24.3 Å². The summed E-state index contributed by atoms with van der Waals surface area (Å²) in [7, 11) is 0. The molecule has 0 aliphatic carbocycles. The smallest absolute Gasteiger partial charge is 0.270 e. The van der Waals surface area contributed by atoms with Crippen molar-refractivity contribution in [3.63, 3.8) is 0 Å². The molecule has 0 radical (unpaired) electrons. The Bertz CT molecular complexity index is 818. The van der Waals surface area contributed by atoms with E-state index in [0.29, 0.717) is 0 Å². The first kappa shape index (κ1) is 12.4. The summed E-state index contributed by atoms with van der Waals surface area (Å²) in [6, 6.07) is 13.0. The van der Waals surface area contributed by atoms with Crippen molar-refractivity contribution in [3.05, 3.63) is 63.7 Å². The van der Waals surface area contributed by atoms with Gasteiger partial charge in [0.2, 0.25) is 0 Å². The number of aryl methyl sites for hydroxylation is 2. The van der Waals surface area contributed by atoms with Crippen LogP contribution in [-0.2, 0) is 0 Å². The Kier molecular flexibility index (Phi) is 2.79. The molecule has 0 bridgehead atoms. The lowest BCUT2D eigenvalue weighted by atomic mass is 10.0. The van der Waals surface area contributed by atoms with E-state index in [0.717, 1.165) is 27.7 Å². The summed E-state index contributed by atoms with van der Waals surface area (Å²) in [5.41, 5.74) is 5.42. The van der Waals surface area contributed by atoms with E-state index in [1.54, 1.807) is 12.1 Å². The van der Waals surface area contributed by atoms with Crippen molar-refractivity contribution in [2.24, 2.45) is 0 Å². The maximum atomic E-state index is 10.9. The van der Waals surface area contributed by atoms with Gasteiger partial charge in [-0.3, -0.25) is 10.1 Å². The molecule has 0 amide bonds. The zero-order valence-electron chi connectivity index (χ0n) is 11.3. The third-order valence-corrected chi connectivity index (χ3v) is 3.67. The highest BCUT2D eigenvalue weighted by Gasteiger charge is 2.14. The predicted molar refractivity (Wildman–Crippen MR) is 79.9 cm³/mol. The van der Waals surface area contributed by atoms with E-state index >= 15 is 0 Å². The lowest BCUT2D eigenvalue weighted by Gasteiger charge is -2.04. The van der Waals surface area contributed by atoms with Crippen LogP contribution in [0, 0.1) is 24.0 Å². The fraction of sp³-hybridized carbons (Fsp3) is 0.125. The van der Waals surface area contributed by atoms with E-state index in [4.69, 9.17) is 0 Å². The molecule has 0 saturated carbocycles. The Morgan fingerprint density at radius 1 is 1.10 bits per heavy atom. The molecule has 20 heavy (non-hydrogen) atoms. The van der Waals surface area contributed by atoms with Gasteiger partial charge in [0.25, 0.3) is 5.69 Å². The summed E-state index contributed by atoms with van der Waals surface area (Å²) < 4.78 is 0. The topological polar surface area (TPSA) is 58.9 Å². The summed E-state index contributed by atoms with van der Waals surface area (Å²) >= 11 is 0. The van der Waals surface area contributed by atoms with Gasteiger partial charge in [-0.25, -0.2) is 0 Å². The maximum absolute atomic E-state index is 10.9. The number of nitro groups is 1. The number of nitro benzene ring substituents is 1. The number of nitrogens with one attached hydrogen (secondary N) is 1. The van der Waals surface area contributed by atoms with E-state index in [-0.39, 0.29) is 10.6 Å². The molecule has 0 aliphatic heterocycles. The largest absolute Gasteiger partial charge is 0.354 e. The van der Waals surface area contributed by atoms with Crippen LogP contribution in [0.3, 0.4) is 0 Å². The lowest BCUT2D eigenvalue weighted by Crippen LogP contribution is -1.86. The third-order valence-electron chi connectivity index (χ3n) is 3.67. The first-order valence-corrected chi connectivity index (χ1v) is 6.40. The van der Waals surface area contributed by atoms with Gasteiger partial charge in [-0.15, -0.1) is 0 Å². The van der Waals surface area contributed by atoms with Gasteiger partial charge in [0, 0.05) is 34.3 Å². The molecule has 1 heterocycles. The molecular formula is C16H14N2O2. The molecule has 0 aliphatic rings. The van der Waals surface area contributed by atoms with Crippen molar-refractivity contribution in [2.45, 2.75) is 13.8 Å². The summed E-state index contributed by atoms with van der Waals surface area (Å²) in [5, 5.41) is 11.8. The van der Waals surface area contributed by atoms with Crippen molar-refractivity contribution in [3.8, 4) is 11.3 Å². The average molecular weight is 266 g/mol. The van der Waals surface area contributed by atoms with E-state index in [9.17, 15) is 10.1 Å². The molecule has 3 rings (SSSR count). The Morgan fingerprint density at radius 3 is 2.55 bits per heavy atom. The zero-order chi connectivity index (χ0) is 14.3. The number of aromatic nitrogens is 1. The lowest BCUT2D eigenvalue weighted by molar-refractivity contribution is -0.384. The minimum Gasteiger partial charge on any atom is -0.354 e. The van der Waals surface area contributed by atoms with E-state index in [1.807, 2.05) is 19.1 Å². The number of aromatic amines is 1. The molecule has 1 N–H and O–H groups in total. The molecule has 100 valence electrons. The van der Waals surface area contributed by atoms with Gasteiger partial charge < -0.3 is 4.98 Å². The quantitative estimate of drug-likeness (QED) is 0.553. The summed E-state index contributed by atoms with van der Waals surface area (Å²) in [6.07, 6.45) is 0. The molecule has 2 aromatic carbocycles. The van der Waals surface area contributed by atoms with Crippen LogP contribution in [0.15, 0.2) is 42.5 Å². The van der Waals surface area contributed by atoms with Crippen LogP contribution in [0.25, 0.3) is 22.2 Å². The normalized spacial score (nSPS) is 10.9. The Balaban J connectivity index is 2.26. The molecule has 0 unspecified atom stereocenters. The number of non-ortho nitro benzene ring substituents is 1. The second-order valence-corrected chi connectivity index (χ2v) is 4.93. The number of H-pyrrole nitrogens is 1. The van der Waals surface area contributed by atoms with E-state index in [2.05, 4.69) is 24.0 Å². The summed E-state index contributed by atoms with van der Waals surface area (Å²) in [6.45, 7) is 4.05. The van der Waals surface area contributed by atoms with Gasteiger partial charge in [-0.2, -0.15) is 0 Å². The Hall–Kier alpha value is -2.62. The Labute approximate surface area is 116 Å². The standard InChI is InChI=1S/C16H14N2O2/c1-10-5-3-4-6-13(10)16-11(2)14-9-12(18(19)20)7-8-15(14)17-16/h3-9,17H,1-2H3. The number of nitrogens with zero attached hydrogens (tertiary/aromatic N) is 1. The molecule has 1 aromatic heterocycles. The average Bonchev–Trinajstić information content (AvgIpc) is 2.76. The highest BCUT2D eigenvalue weighted by Crippen LogP contribution is 2.33. The number of benzene rings is 2. The summed E-state index contributed by atoms with van der Waals surface area (Å²) in [4.78, 5) is 13.9. The molecule has 0 spiro atoms. The van der Waals surface area contributed by atoms with Gasteiger partial charge in [0.15, 0.2) is 0 Å². The predicted octanol–water partition coefficient (Wildman–Crippen LogP) is 4.36. The molecule has 3 aromatic rings. The van der Waals surface area contributed by atoms with Gasteiger partial charge >= 0.3 is 0 Å². The van der Waals surface area contributed by atoms with Crippen molar-refractivity contribution >= 4 is 16.6 Å². The van der Waals surface area contributed by atoms with Crippen LogP contribution in [0.2, 0.25) is 0 Å². The van der Waals surface area contributed by atoms with Crippen LogP contribution in [0.1, 0.15) is 11.1 Å². The fourth-order valence-corrected chi connectivity index (χ4v) is 2.55. The van der Waals surface area contributed by atoms with Crippen molar-refractivity contribution in [1.29, 1.82) is 0 Å². The van der Waals surface area contributed by atoms with Crippen molar-refractivity contribution in [1.82, 2.24) is 4.98 Å². The SMILES string of the molecule is Cc1ccccc1-c1[nH]c2ccc([N+](=O)[O-])cc2c1C. The first-order chi connectivity index (χ1) is 9.58. The minimum atomic E-state index is -0.362.